The summed E-state index contributed by atoms with van der Waals surface area (Å²) < 4.78 is 14.5. The Kier molecular flexibility index (Phi) is 5.49. The summed E-state index contributed by atoms with van der Waals surface area (Å²) in [6, 6.07) is 14.6. The van der Waals surface area contributed by atoms with Crippen molar-refractivity contribution in [2.75, 3.05) is 13.2 Å². The van der Waals surface area contributed by atoms with Gasteiger partial charge in [-0.25, -0.2) is 19.7 Å². The Morgan fingerprint density at radius 3 is 2.64 bits per heavy atom. The molecule has 9 heteroatoms. The van der Waals surface area contributed by atoms with Gasteiger partial charge in [0.1, 0.15) is 16.7 Å². The fourth-order valence-electron chi connectivity index (χ4n) is 4.87. The SMILES string of the molecule is CCOC(=O)c1cccc(-n2c3nc4ccccc4nc3c3c(=O)n(CC4CCCO4)c(C)nc32)c1. The summed E-state index contributed by atoms with van der Waals surface area (Å²) >= 11 is 0. The Bertz CT molecular complexity index is 1700. The van der Waals surface area contributed by atoms with Gasteiger partial charge in [0.05, 0.1) is 41.5 Å². The molecule has 0 radical (unpaired) electrons. The molecule has 1 atom stereocenters. The molecule has 1 saturated heterocycles. The summed E-state index contributed by atoms with van der Waals surface area (Å²) in [6.45, 7) is 5.02. The van der Waals surface area contributed by atoms with Gasteiger partial charge in [0.2, 0.25) is 0 Å². The summed E-state index contributed by atoms with van der Waals surface area (Å²) in [5.41, 5.74) is 3.69. The van der Waals surface area contributed by atoms with Crippen molar-refractivity contribution in [1.29, 1.82) is 0 Å². The first-order valence-electron chi connectivity index (χ1n) is 12.1. The second kappa shape index (κ2) is 8.83. The van der Waals surface area contributed by atoms with Crippen molar-refractivity contribution < 1.29 is 14.3 Å². The highest BCUT2D eigenvalue weighted by molar-refractivity contribution is 6.06. The zero-order chi connectivity index (χ0) is 24.8. The van der Waals surface area contributed by atoms with Gasteiger partial charge in [-0.15, -0.1) is 0 Å². The molecule has 1 fully saturated rings. The molecule has 0 aliphatic carbocycles. The van der Waals surface area contributed by atoms with E-state index in [0.29, 0.717) is 63.5 Å². The Hall–Kier alpha value is -4.11. The molecule has 9 nitrogen and oxygen atoms in total. The van der Waals surface area contributed by atoms with Gasteiger partial charge in [-0.3, -0.25) is 13.9 Å². The third-order valence-electron chi connectivity index (χ3n) is 6.58. The first kappa shape index (κ1) is 22.4. The van der Waals surface area contributed by atoms with Crippen LogP contribution in [0.3, 0.4) is 0 Å². The Morgan fingerprint density at radius 1 is 1.08 bits per heavy atom. The molecule has 1 unspecified atom stereocenters. The first-order chi connectivity index (χ1) is 17.5. The Labute approximate surface area is 206 Å². The molecule has 36 heavy (non-hydrogen) atoms. The molecule has 182 valence electrons. The molecule has 0 spiro atoms. The molecule has 0 amide bonds. The van der Waals surface area contributed by atoms with Gasteiger partial charge in [-0.1, -0.05) is 18.2 Å². The zero-order valence-electron chi connectivity index (χ0n) is 20.1. The van der Waals surface area contributed by atoms with E-state index >= 15 is 0 Å². The molecule has 0 bridgehead atoms. The van der Waals surface area contributed by atoms with Crippen LogP contribution in [0.1, 0.15) is 35.9 Å². The number of aromatic nitrogens is 5. The maximum atomic E-state index is 13.9. The van der Waals surface area contributed by atoms with E-state index in [0.717, 1.165) is 12.8 Å². The van der Waals surface area contributed by atoms with Gasteiger partial charge in [-0.2, -0.15) is 0 Å². The fraction of sp³-hybridized carbons (Fsp3) is 0.296. The largest absolute Gasteiger partial charge is 0.462 e. The van der Waals surface area contributed by atoms with Gasteiger partial charge < -0.3 is 9.47 Å². The van der Waals surface area contributed by atoms with Crippen molar-refractivity contribution >= 4 is 39.2 Å². The number of fused-ring (bicyclic) bond motifs is 4. The Morgan fingerprint density at radius 2 is 1.89 bits per heavy atom. The first-order valence-corrected chi connectivity index (χ1v) is 12.1. The van der Waals surface area contributed by atoms with E-state index in [-0.39, 0.29) is 18.3 Å². The number of esters is 1. The third kappa shape index (κ3) is 3.63. The quantitative estimate of drug-likeness (QED) is 0.349. The van der Waals surface area contributed by atoms with E-state index < -0.39 is 5.97 Å². The van der Waals surface area contributed by atoms with Gasteiger partial charge >= 0.3 is 5.97 Å². The molecule has 3 aromatic heterocycles. The van der Waals surface area contributed by atoms with Crippen molar-refractivity contribution in [1.82, 2.24) is 24.1 Å². The molecule has 5 aromatic rings. The molecule has 2 aromatic carbocycles. The highest BCUT2D eigenvalue weighted by Crippen LogP contribution is 2.29. The van der Waals surface area contributed by atoms with Gasteiger partial charge in [0.25, 0.3) is 5.56 Å². The summed E-state index contributed by atoms with van der Waals surface area (Å²) in [5, 5.41) is 0.397. The number of nitrogens with zero attached hydrogens (tertiary/aromatic N) is 5. The van der Waals surface area contributed by atoms with Crippen molar-refractivity contribution in [3.63, 3.8) is 0 Å². The van der Waals surface area contributed by atoms with Crippen LogP contribution in [0, 0.1) is 6.92 Å². The fourth-order valence-corrected chi connectivity index (χ4v) is 4.87. The zero-order valence-corrected chi connectivity index (χ0v) is 20.1. The van der Waals surface area contributed by atoms with Gasteiger partial charge in [0, 0.05) is 6.61 Å². The lowest BCUT2D eigenvalue weighted by molar-refractivity contribution is 0.0526. The van der Waals surface area contributed by atoms with Crippen LogP contribution in [0.25, 0.3) is 38.9 Å². The number of benzene rings is 2. The summed E-state index contributed by atoms with van der Waals surface area (Å²) in [4.78, 5) is 40.9. The minimum Gasteiger partial charge on any atom is -0.462 e. The van der Waals surface area contributed by atoms with Crippen LogP contribution in [0.15, 0.2) is 53.3 Å². The smallest absolute Gasteiger partial charge is 0.338 e. The number of rotatable bonds is 5. The van der Waals surface area contributed by atoms with Crippen LogP contribution in [0.5, 0.6) is 0 Å². The molecular weight excluding hydrogens is 458 g/mol. The van der Waals surface area contributed by atoms with Crippen LogP contribution < -0.4 is 5.56 Å². The molecule has 1 aliphatic heterocycles. The van der Waals surface area contributed by atoms with Gasteiger partial charge in [-0.05, 0) is 57.0 Å². The minimum absolute atomic E-state index is 0.0119. The topological polar surface area (TPSA) is 101 Å². The Balaban J connectivity index is 1.66. The highest BCUT2D eigenvalue weighted by Gasteiger charge is 2.25. The van der Waals surface area contributed by atoms with Crippen LogP contribution in [0.2, 0.25) is 0 Å². The number of hydrogen-bond acceptors (Lipinski definition) is 7. The van der Waals surface area contributed by atoms with Crippen LogP contribution in [-0.2, 0) is 16.0 Å². The number of hydrogen-bond donors (Lipinski definition) is 0. The standard InChI is InChI=1S/C27H25N5O4/c1-3-35-27(34)17-8-6-9-18(14-17)32-24-22(23-25(32)30-21-12-5-4-11-20(21)29-23)26(33)31(16(2)28-24)15-19-10-7-13-36-19/h4-6,8-9,11-12,14,19H,3,7,10,13,15H2,1-2H3. The van der Waals surface area contributed by atoms with Crippen LogP contribution >= 0.6 is 0 Å². The normalized spacial score (nSPS) is 15.8. The van der Waals surface area contributed by atoms with E-state index in [2.05, 4.69) is 0 Å². The molecule has 6 rings (SSSR count). The molecule has 4 heterocycles. The predicted octanol–water partition coefficient (Wildman–Crippen LogP) is 3.95. The van der Waals surface area contributed by atoms with Gasteiger partial charge in [0.15, 0.2) is 11.3 Å². The van der Waals surface area contributed by atoms with E-state index in [1.165, 1.54) is 0 Å². The summed E-state index contributed by atoms with van der Waals surface area (Å²) in [5.74, 6) is 0.165. The number of ether oxygens (including phenoxy) is 2. The van der Waals surface area contributed by atoms with Crippen LogP contribution in [-0.4, -0.2) is 49.4 Å². The van der Waals surface area contributed by atoms with Crippen LogP contribution in [0.4, 0.5) is 0 Å². The number of aryl methyl sites for hydroxylation is 1. The average Bonchev–Trinajstić information content (AvgIpc) is 3.51. The summed E-state index contributed by atoms with van der Waals surface area (Å²) in [6.07, 6.45) is 1.89. The molecule has 0 saturated carbocycles. The molecule has 1 aliphatic rings. The van der Waals surface area contributed by atoms with E-state index in [4.69, 9.17) is 24.4 Å². The van der Waals surface area contributed by atoms with Crippen molar-refractivity contribution in [3.8, 4) is 5.69 Å². The number of carbonyl (C=O) groups excluding carboxylic acids is 1. The van der Waals surface area contributed by atoms with E-state index in [9.17, 15) is 9.59 Å². The lowest BCUT2D eigenvalue weighted by Crippen LogP contribution is -2.29. The maximum absolute atomic E-state index is 13.9. The summed E-state index contributed by atoms with van der Waals surface area (Å²) in [7, 11) is 0. The average molecular weight is 484 g/mol. The monoisotopic (exact) mass is 483 g/mol. The van der Waals surface area contributed by atoms with Crippen molar-refractivity contribution in [2.24, 2.45) is 0 Å². The number of carbonyl (C=O) groups is 1. The van der Waals surface area contributed by atoms with Crippen molar-refractivity contribution in [3.05, 3.63) is 70.3 Å². The molecule has 0 N–H and O–H groups in total. The highest BCUT2D eigenvalue weighted by atomic mass is 16.5. The van der Waals surface area contributed by atoms with E-state index in [1.54, 1.807) is 34.3 Å². The predicted molar refractivity (Wildman–Crippen MR) is 136 cm³/mol. The second-order valence-corrected chi connectivity index (χ2v) is 8.90. The van der Waals surface area contributed by atoms with Crippen molar-refractivity contribution in [2.45, 2.75) is 39.3 Å². The second-order valence-electron chi connectivity index (χ2n) is 8.90. The third-order valence-corrected chi connectivity index (χ3v) is 6.58. The minimum atomic E-state index is -0.417. The lowest BCUT2D eigenvalue weighted by atomic mass is 10.2. The number of para-hydroxylation sites is 2. The lowest BCUT2D eigenvalue weighted by Gasteiger charge is -2.14. The van der Waals surface area contributed by atoms with E-state index in [1.807, 2.05) is 37.3 Å². The molecular formula is C27H25N5O4. The maximum Gasteiger partial charge on any atom is 0.338 e.